The number of thioether (sulfide) groups is 1. The van der Waals surface area contributed by atoms with E-state index in [1.165, 1.54) is 6.92 Å². The third kappa shape index (κ3) is 7.68. The average molecular weight is 325 g/mol. The molecule has 0 aromatic heterocycles. The summed E-state index contributed by atoms with van der Waals surface area (Å²) in [6.07, 6.45) is 0.214. The molecule has 1 atom stereocenters. The molecule has 0 spiro atoms. The molecule has 7 heteroatoms. The molecule has 1 aromatic carbocycles. The summed E-state index contributed by atoms with van der Waals surface area (Å²) in [4.78, 5) is 33.3. The van der Waals surface area contributed by atoms with E-state index in [-0.39, 0.29) is 11.7 Å². The molecule has 0 aliphatic heterocycles. The second kappa shape index (κ2) is 9.83. The van der Waals surface area contributed by atoms with Crippen molar-refractivity contribution >= 4 is 28.9 Å². The van der Waals surface area contributed by atoms with Gasteiger partial charge >= 0.3 is 12.1 Å². The number of hydrogen-bond acceptors (Lipinski definition) is 5. The van der Waals surface area contributed by atoms with Gasteiger partial charge < -0.3 is 15.2 Å². The number of rotatable bonds is 8. The summed E-state index contributed by atoms with van der Waals surface area (Å²) in [5, 5.41) is 10.5. The monoisotopic (exact) mass is 325 g/mol. The molecule has 22 heavy (non-hydrogen) atoms. The zero-order valence-electron chi connectivity index (χ0n) is 12.3. The highest BCUT2D eigenvalue weighted by Crippen LogP contribution is 2.17. The van der Waals surface area contributed by atoms with Gasteiger partial charge in [0, 0.05) is 13.5 Å². The lowest BCUT2D eigenvalue weighted by molar-refractivity contribution is -0.136. The van der Waals surface area contributed by atoms with Crippen molar-refractivity contribution in [2.24, 2.45) is 0 Å². The van der Waals surface area contributed by atoms with E-state index in [1.54, 1.807) is 0 Å². The molecule has 0 saturated carbocycles. The summed E-state index contributed by atoms with van der Waals surface area (Å²) in [5.74, 6) is -1.02. The van der Waals surface area contributed by atoms with Crippen LogP contribution in [0.2, 0.25) is 0 Å². The molecule has 1 rings (SSSR count). The lowest BCUT2D eigenvalue weighted by Gasteiger charge is -2.10. The Bertz CT molecular complexity index is 506. The minimum atomic E-state index is -1.02. The number of carbonyl (C=O) groups is 3. The van der Waals surface area contributed by atoms with E-state index in [2.05, 4.69) is 5.32 Å². The molecular weight excluding hydrogens is 306 g/mol. The van der Waals surface area contributed by atoms with Crippen molar-refractivity contribution in [2.75, 3.05) is 6.54 Å². The van der Waals surface area contributed by atoms with E-state index in [0.717, 1.165) is 17.3 Å². The van der Waals surface area contributed by atoms with Crippen LogP contribution >= 0.6 is 11.8 Å². The summed E-state index contributed by atoms with van der Waals surface area (Å²) in [6.45, 7) is 1.82. The Morgan fingerprint density at radius 3 is 2.55 bits per heavy atom. The van der Waals surface area contributed by atoms with Gasteiger partial charge in [-0.3, -0.25) is 9.59 Å². The van der Waals surface area contributed by atoms with Gasteiger partial charge in [-0.05, 0) is 18.4 Å². The van der Waals surface area contributed by atoms with Gasteiger partial charge in [-0.15, -0.1) is 0 Å². The van der Waals surface area contributed by atoms with E-state index in [9.17, 15) is 14.4 Å². The Kier molecular flexibility index (Phi) is 8.06. The van der Waals surface area contributed by atoms with E-state index in [4.69, 9.17) is 9.84 Å². The molecule has 0 aliphatic carbocycles. The van der Waals surface area contributed by atoms with Crippen molar-refractivity contribution in [2.45, 2.75) is 31.6 Å². The molecule has 0 aliphatic rings. The van der Waals surface area contributed by atoms with Crippen LogP contribution in [0.4, 0.5) is 4.79 Å². The molecule has 0 saturated heterocycles. The van der Waals surface area contributed by atoms with Crippen molar-refractivity contribution in [3.8, 4) is 0 Å². The van der Waals surface area contributed by atoms with Crippen molar-refractivity contribution in [3.63, 3.8) is 0 Å². The number of carboxylic acid groups (broad SMARTS) is 1. The van der Waals surface area contributed by atoms with E-state index < -0.39 is 17.3 Å². The molecule has 0 heterocycles. The molecule has 1 amide bonds. The summed E-state index contributed by atoms with van der Waals surface area (Å²) in [7, 11) is 0. The fraction of sp³-hybridized carbons (Fsp3) is 0.400. The van der Waals surface area contributed by atoms with Crippen molar-refractivity contribution in [1.82, 2.24) is 5.32 Å². The summed E-state index contributed by atoms with van der Waals surface area (Å²) >= 11 is 0.792. The lowest BCUT2D eigenvalue weighted by atomic mass is 10.2. The van der Waals surface area contributed by atoms with Gasteiger partial charge in [0.05, 0.1) is 0 Å². The molecule has 0 fully saturated rings. The first-order valence-electron chi connectivity index (χ1n) is 6.83. The molecule has 1 unspecified atom stereocenters. The van der Waals surface area contributed by atoms with Gasteiger partial charge in [-0.1, -0.05) is 42.1 Å². The fourth-order valence-electron chi connectivity index (χ4n) is 1.69. The highest BCUT2D eigenvalue weighted by atomic mass is 32.2. The first-order valence-corrected chi connectivity index (χ1v) is 7.71. The van der Waals surface area contributed by atoms with Crippen LogP contribution in [-0.2, 0) is 20.9 Å². The standard InChI is InChI=1S/C15H19NO5S/c1-11(17)22-13(14(18)19)8-5-9-16-15(20)21-10-12-6-3-2-4-7-12/h2-4,6-7,13H,5,8-10H2,1H3,(H,16,20)(H,18,19). The number of ether oxygens (including phenoxy) is 1. The number of nitrogens with one attached hydrogen (secondary N) is 1. The summed E-state index contributed by atoms with van der Waals surface area (Å²) in [6, 6.07) is 9.29. The van der Waals surface area contributed by atoms with Crippen LogP contribution in [0.1, 0.15) is 25.3 Å². The topological polar surface area (TPSA) is 92.7 Å². The fourth-order valence-corrected chi connectivity index (χ4v) is 2.47. The largest absolute Gasteiger partial charge is 0.480 e. The Morgan fingerprint density at radius 1 is 1.27 bits per heavy atom. The molecular formula is C15H19NO5S. The number of aliphatic carboxylic acids is 1. The number of carbonyl (C=O) groups excluding carboxylic acids is 2. The van der Waals surface area contributed by atoms with Gasteiger partial charge in [0.25, 0.3) is 0 Å². The summed E-state index contributed by atoms with van der Waals surface area (Å²) < 4.78 is 5.02. The van der Waals surface area contributed by atoms with E-state index in [0.29, 0.717) is 19.4 Å². The van der Waals surface area contributed by atoms with Crippen LogP contribution in [0.3, 0.4) is 0 Å². The first-order chi connectivity index (χ1) is 10.5. The number of alkyl carbamates (subject to hydrolysis) is 1. The maximum atomic E-state index is 11.5. The highest BCUT2D eigenvalue weighted by molar-refractivity contribution is 8.14. The second-order valence-corrected chi connectivity index (χ2v) is 5.95. The number of carboxylic acids is 1. The van der Waals surface area contributed by atoms with Crippen molar-refractivity contribution in [3.05, 3.63) is 35.9 Å². The van der Waals surface area contributed by atoms with Gasteiger partial charge in [0.1, 0.15) is 11.9 Å². The molecule has 1 aromatic rings. The van der Waals surface area contributed by atoms with Crippen LogP contribution in [0.15, 0.2) is 30.3 Å². The minimum absolute atomic E-state index is 0.185. The molecule has 2 N–H and O–H groups in total. The van der Waals surface area contributed by atoms with Gasteiger partial charge in [-0.25, -0.2) is 4.79 Å². The highest BCUT2D eigenvalue weighted by Gasteiger charge is 2.19. The van der Waals surface area contributed by atoms with Crippen LogP contribution in [0.5, 0.6) is 0 Å². The normalized spacial score (nSPS) is 11.5. The lowest BCUT2D eigenvalue weighted by Crippen LogP contribution is -2.27. The SMILES string of the molecule is CC(=O)SC(CCCNC(=O)OCc1ccccc1)C(=O)O. The predicted molar refractivity (Wildman–Crippen MR) is 83.6 cm³/mol. The number of benzene rings is 1. The molecule has 6 nitrogen and oxygen atoms in total. The van der Waals surface area contributed by atoms with Gasteiger partial charge in [-0.2, -0.15) is 0 Å². The zero-order valence-corrected chi connectivity index (χ0v) is 13.1. The third-order valence-corrected chi connectivity index (χ3v) is 3.76. The van der Waals surface area contributed by atoms with Crippen molar-refractivity contribution in [1.29, 1.82) is 0 Å². The van der Waals surface area contributed by atoms with Crippen LogP contribution < -0.4 is 5.32 Å². The Balaban J connectivity index is 2.19. The Hall–Kier alpha value is -2.02. The molecule has 0 bridgehead atoms. The van der Waals surface area contributed by atoms with Gasteiger partial charge in [0.15, 0.2) is 5.12 Å². The number of hydrogen-bond donors (Lipinski definition) is 2. The maximum absolute atomic E-state index is 11.5. The van der Waals surface area contributed by atoms with Gasteiger partial charge in [0.2, 0.25) is 0 Å². The Labute approximate surface area is 133 Å². The van der Waals surface area contributed by atoms with Crippen LogP contribution in [-0.4, -0.2) is 34.1 Å². The zero-order chi connectivity index (χ0) is 16.4. The molecule has 0 radical (unpaired) electrons. The Morgan fingerprint density at radius 2 is 1.95 bits per heavy atom. The van der Waals surface area contributed by atoms with Crippen LogP contribution in [0.25, 0.3) is 0 Å². The smallest absolute Gasteiger partial charge is 0.407 e. The van der Waals surface area contributed by atoms with Crippen LogP contribution in [0, 0.1) is 0 Å². The van der Waals surface area contributed by atoms with Crippen molar-refractivity contribution < 1.29 is 24.2 Å². The summed E-state index contributed by atoms with van der Waals surface area (Å²) in [5.41, 5.74) is 0.890. The third-order valence-electron chi connectivity index (χ3n) is 2.71. The minimum Gasteiger partial charge on any atom is -0.480 e. The maximum Gasteiger partial charge on any atom is 0.407 e. The predicted octanol–water partition coefficient (Wildman–Crippen LogP) is 2.43. The van der Waals surface area contributed by atoms with E-state index >= 15 is 0 Å². The number of amides is 1. The molecule has 120 valence electrons. The van der Waals surface area contributed by atoms with E-state index in [1.807, 2.05) is 30.3 Å². The quantitative estimate of drug-likeness (QED) is 0.713. The average Bonchev–Trinajstić information content (AvgIpc) is 2.48. The second-order valence-electron chi connectivity index (χ2n) is 4.57. The first kappa shape index (κ1) is 18.0.